The Hall–Kier alpha value is -1.74. The van der Waals surface area contributed by atoms with Crippen molar-refractivity contribution >= 4 is 11.3 Å². The molecule has 0 radical (unpaired) electrons. The molecule has 0 aliphatic rings. The molecule has 0 bridgehead atoms. The average molecular weight is 261 g/mol. The van der Waals surface area contributed by atoms with Gasteiger partial charge in [-0.15, -0.1) is 0 Å². The van der Waals surface area contributed by atoms with Gasteiger partial charge in [0.1, 0.15) is 0 Å². The van der Waals surface area contributed by atoms with Crippen LogP contribution in [0.5, 0.6) is 0 Å². The zero-order chi connectivity index (χ0) is 13.2. The summed E-state index contributed by atoms with van der Waals surface area (Å²) >= 11 is 1.74. The molecule has 1 N–H and O–H groups in total. The van der Waals surface area contributed by atoms with Gasteiger partial charge in [-0.05, 0) is 66.4 Å². The lowest BCUT2D eigenvalue weighted by Crippen LogP contribution is -1.50. The van der Waals surface area contributed by atoms with Crippen LogP contribution in [0.1, 0.15) is 16.7 Å². The molecule has 0 aliphatic carbocycles. The van der Waals surface area contributed by atoms with E-state index in [4.69, 9.17) is 4.42 Å². The molecule has 96 valence electrons. The first-order chi connectivity index (χ1) is 8.68. The van der Waals surface area contributed by atoms with Crippen molar-refractivity contribution in [1.82, 2.24) is 4.98 Å². The van der Waals surface area contributed by atoms with Crippen molar-refractivity contribution in [3.8, 4) is 0 Å². The van der Waals surface area contributed by atoms with Crippen LogP contribution in [0.2, 0.25) is 0 Å². The SMILES string of the molecule is Cc1cc[nH]c1.Cc1ccoc1.Cc1ccsc1. The summed E-state index contributed by atoms with van der Waals surface area (Å²) in [6.07, 6.45) is 7.24. The molecule has 3 rings (SSSR count). The van der Waals surface area contributed by atoms with Crippen LogP contribution in [0.4, 0.5) is 0 Å². The first-order valence-electron chi connectivity index (χ1n) is 5.75. The standard InChI is InChI=1S/C5H7N.C5H6O.C5H6S/c3*1-5-2-3-6-4-5/h2-4,6H,1H3;2*2-4H,1H3. The van der Waals surface area contributed by atoms with Gasteiger partial charge in [0.05, 0.1) is 12.5 Å². The molecule has 0 saturated carbocycles. The average Bonchev–Trinajstić information content (AvgIpc) is 3.05. The van der Waals surface area contributed by atoms with Crippen molar-refractivity contribution in [2.45, 2.75) is 20.8 Å². The van der Waals surface area contributed by atoms with Gasteiger partial charge in [0, 0.05) is 12.4 Å². The maximum atomic E-state index is 4.71. The van der Waals surface area contributed by atoms with E-state index in [1.165, 1.54) is 16.7 Å². The minimum atomic E-state index is 1.18. The van der Waals surface area contributed by atoms with Crippen LogP contribution in [-0.4, -0.2) is 4.98 Å². The number of aryl methyl sites for hydroxylation is 3. The van der Waals surface area contributed by atoms with E-state index in [2.05, 4.69) is 35.7 Å². The summed E-state index contributed by atoms with van der Waals surface area (Å²) in [6.45, 7) is 6.14. The quantitative estimate of drug-likeness (QED) is 0.608. The normalized spacial score (nSPS) is 8.83. The Balaban J connectivity index is 0.000000135. The minimum absolute atomic E-state index is 1.18. The van der Waals surface area contributed by atoms with Gasteiger partial charge in [-0.25, -0.2) is 0 Å². The fourth-order valence-electron chi connectivity index (χ4n) is 1.07. The van der Waals surface area contributed by atoms with Gasteiger partial charge in [-0.3, -0.25) is 0 Å². The number of hydrogen-bond donors (Lipinski definition) is 1. The highest BCUT2D eigenvalue weighted by Gasteiger charge is 1.76. The van der Waals surface area contributed by atoms with E-state index in [1.54, 1.807) is 23.9 Å². The minimum Gasteiger partial charge on any atom is -0.472 e. The van der Waals surface area contributed by atoms with Gasteiger partial charge in [0.25, 0.3) is 0 Å². The third-order valence-corrected chi connectivity index (χ3v) is 2.88. The molecular formula is C15H19NOS. The van der Waals surface area contributed by atoms with Crippen LogP contribution in [0.3, 0.4) is 0 Å². The number of aromatic nitrogens is 1. The van der Waals surface area contributed by atoms with Crippen molar-refractivity contribution in [2.24, 2.45) is 0 Å². The molecule has 0 unspecified atom stereocenters. The molecule has 2 nitrogen and oxygen atoms in total. The van der Waals surface area contributed by atoms with E-state index in [0.717, 1.165) is 0 Å². The second-order valence-electron chi connectivity index (χ2n) is 3.99. The number of hydrogen-bond acceptors (Lipinski definition) is 2. The fraction of sp³-hybridized carbons (Fsp3) is 0.200. The summed E-state index contributed by atoms with van der Waals surface area (Å²) in [4.78, 5) is 2.93. The second-order valence-corrected chi connectivity index (χ2v) is 4.77. The summed E-state index contributed by atoms with van der Waals surface area (Å²) < 4.78 is 4.71. The lowest BCUT2D eigenvalue weighted by molar-refractivity contribution is 0.565. The van der Waals surface area contributed by atoms with Crippen LogP contribution < -0.4 is 0 Å². The Kier molecular flexibility index (Phi) is 6.66. The first-order valence-corrected chi connectivity index (χ1v) is 6.70. The summed E-state index contributed by atoms with van der Waals surface area (Å²) in [6, 6.07) is 6.05. The topological polar surface area (TPSA) is 28.9 Å². The van der Waals surface area contributed by atoms with E-state index in [-0.39, 0.29) is 0 Å². The Morgan fingerprint density at radius 1 is 1.00 bits per heavy atom. The first kappa shape index (κ1) is 14.3. The zero-order valence-electron chi connectivity index (χ0n) is 11.0. The molecular weight excluding hydrogens is 242 g/mol. The maximum Gasteiger partial charge on any atom is 0.0931 e. The molecule has 18 heavy (non-hydrogen) atoms. The van der Waals surface area contributed by atoms with Crippen LogP contribution in [0, 0.1) is 20.8 Å². The van der Waals surface area contributed by atoms with E-state index in [9.17, 15) is 0 Å². The fourth-order valence-corrected chi connectivity index (χ4v) is 1.74. The van der Waals surface area contributed by atoms with Crippen molar-refractivity contribution in [3.63, 3.8) is 0 Å². The lowest BCUT2D eigenvalue weighted by atomic mass is 10.4. The number of nitrogens with one attached hydrogen (secondary N) is 1. The van der Waals surface area contributed by atoms with Gasteiger partial charge < -0.3 is 9.40 Å². The summed E-state index contributed by atoms with van der Waals surface area (Å²) in [5.74, 6) is 0. The highest BCUT2D eigenvalue weighted by molar-refractivity contribution is 7.07. The van der Waals surface area contributed by atoms with Crippen LogP contribution in [0.15, 0.2) is 58.3 Å². The van der Waals surface area contributed by atoms with Gasteiger partial charge >= 0.3 is 0 Å². The molecule has 0 aliphatic heterocycles. The molecule has 3 aromatic heterocycles. The summed E-state index contributed by atoms with van der Waals surface area (Å²) in [5.41, 5.74) is 3.82. The molecule has 0 saturated heterocycles. The number of rotatable bonds is 0. The van der Waals surface area contributed by atoms with Crippen LogP contribution >= 0.6 is 11.3 Å². The highest BCUT2D eigenvalue weighted by Crippen LogP contribution is 2.01. The van der Waals surface area contributed by atoms with E-state index < -0.39 is 0 Å². The monoisotopic (exact) mass is 261 g/mol. The Bertz CT molecular complexity index is 404. The zero-order valence-corrected chi connectivity index (χ0v) is 11.8. The molecule has 0 atom stereocenters. The van der Waals surface area contributed by atoms with Crippen LogP contribution in [-0.2, 0) is 0 Å². The van der Waals surface area contributed by atoms with Crippen molar-refractivity contribution in [2.75, 3.05) is 0 Å². The number of H-pyrrole nitrogens is 1. The Labute approximate surface area is 112 Å². The summed E-state index contributed by atoms with van der Waals surface area (Å²) in [7, 11) is 0. The third-order valence-electron chi connectivity index (χ3n) is 2.08. The largest absolute Gasteiger partial charge is 0.472 e. The Morgan fingerprint density at radius 3 is 2.00 bits per heavy atom. The van der Waals surface area contributed by atoms with Gasteiger partial charge in [-0.1, -0.05) is 0 Å². The van der Waals surface area contributed by atoms with Gasteiger partial charge in [-0.2, -0.15) is 11.3 Å². The highest BCUT2D eigenvalue weighted by atomic mass is 32.1. The van der Waals surface area contributed by atoms with Gasteiger partial charge in [0.15, 0.2) is 0 Å². The maximum absolute atomic E-state index is 4.71. The van der Waals surface area contributed by atoms with Crippen molar-refractivity contribution < 1.29 is 4.42 Å². The smallest absolute Gasteiger partial charge is 0.0931 e. The molecule has 0 amide bonds. The predicted molar refractivity (Wildman–Crippen MR) is 78.0 cm³/mol. The Morgan fingerprint density at radius 2 is 1.83 bits per heavy atom. The van der Waals surface area contributed by atoms with Crippen molar-refractivity contribution in [3.05, 3.63) is 70.6 Å². The molecule has 0 fully saturated rings. The predicted octanol–water partition coefficient (Wildman–Crippen LogP) is 4.97. The van der Waals surface area contributed by atoms with E-state index in [0.29, 0.717) is 0 Å². The van der Waals surface area contributed by atoms with E-state index >= 15 is 0 Å². The molecule has 3 aromatic rings. The van der Waals surface area contributed by atoms with Crippen molar-refractivity contribution in [1.29, 1.82) is 0 Å². The molecule has 0 aromatic carbocycles. The lowest BCUT2D eigenvalue weighted by Gasteiger charge is -1.65. The summed E-state index contributed by atoms with van der Waals surface area (Å²) in [5, 5.41) is 4.20. The number of aromatic amines is 1. The van der Waals surface area contributed by atoms with Crippen LogP contribution in [0.25, 0.3) is 0 Å². The third kappa shape index (κ3) is 6.76. The van der Waals surface area contributed by atoms with E-state index in [1.807, 2.05) is 31.5 Å². The number of thiophene rings is 1. The second kappa shape index (κ2) is 8.37. The molecule has 3 heteroatoms. The van der Waals surface area contributed by atoms with Gasteiger partial charge in [0.2, 0.25) is 0 Å². The molecule has 3 heterocycles. The molecule has 0 spiro atoms. The number of furan rings is 1.